The second-order valence-electron chi connectivity index (χ2n) is 5.58. The number of hydrogen-bond acceptors (Lipinski definition) is 4. The smallest absolute Gasteiger partial charge is 0.247 e. The van der Waals surface area contributed by atoms with Gasteiger partial charge in [0.2, 0.25) is 5.91 Å². The number of piperazine rings is 1. The Bertz CT molecular complexity index is 590. The molecule has 0 radical (unpaired) electrons. The minimum atomic E-state index is -0.239. The van der Waals surface area contributed by atoms with E-state index in [1.165, 1.54) is 0 Å². The van der Waals surface area contributed by atoms with Gasteiger partial charge in [-0.1, -0.05) is 6.07 Å². The van der Waals surface area contributed by atoms with Crippen LogP contribution in [0.5, 0.6) is 0 Å². The third kappa shape index (κ3) is 3.33. The molecule has 0 unspecified atom stereocenters. The molecule has 6 heteroatoms. The molecule has 0 saturated carbocycles. The lowest BCUT2D eigenvalue weighted by Gasteiger charge is -2.35. The van der Waals surface area contributed by atoms with Crippen molar-refractivity contribution in [2.75, 3.05) is 26.2 Å². The minimum absolute atomic E-state index is 0.140. The quantitative estimate of drug-likeness (QED) is 0.851. The average molecular weight is 299 g/mol. The molecule has 0 spiro atoms. The van der Waals surface area contributed by atoms with E-state index in [4.69, 9.17) is 0 Å². The number of amides is 1. The summed E-state index contributed by atoms with van der Waals surface area (Å²) in [6, 6.07) is 7.58. The lowest BCUT2D eigenvalue weighted by molar-refractivity contribution is -0.136. The molecule has 3 heterocycles. The lowest BCUT2D eigenvalue weighted by atomic mass is 10.2. The van der Waals surface area contributed by atoms with Gasteiger partial charge in [0.25, 0.3) is 0 Å². The van der Waals surface area contributed by atoms with Crippen LogP contribution in [0.3, 0.4) is 0 Å². The second-order valence-corrected chi connectivity index (χ2v) is 5.58. The predicted molar refractivity (Wildman–Crippen MR) is 83.0 cm³/mol. The van der Waals surface area contributed by atoms with Crippen molar-refractivity contribution < 1.29 is 4.79 Å². The summed E-state index contributed by atoms with van der Waals surface area (Å²) in [5.41, 5.74) is 1.08. The first-order valence-corrected chi connectivity index (χ1v) is 7.64. The SMILES string of the molecule is C[C@@H](C(=O)N1CCN(Cc2ccccn2)CC1)n1cccn1. The molecule has 3 rings (SSSR count). The first-order valence-electron chi connectivity index (χ1n) is 7.64. The predicted octanol–water partition coefficient (Wildman–Crippen LogP) is 1.18. The Morgan fingerprint density at radius 2 is 2.00 bits per heavy atom. The number of hydrogen-bond donors (Lipinski definition) is 0. The molecule has 1 aliphatic heterocycles. The Balaban J connectivity index is 1.52. The highest BCUT2D eigenvalue weighted by atomic mass is 16.2. The summed E-state index contributed by atoms with van der Waals surface area (Å²) in [6.07, 6.45) is 5.36. The van der Waals surface area contributed by atoms with Gasteiger partial charge in [0, 0.05) is 51.3 Å². The molecule has 6 nitrogen and oxygen atoms in total. The summed E-state index contributed by atoms with van der Waals surface area (Å²) in [5, 5.41) is 4.15. The van der Waals surface area contributed by atoms with Crippen LogP contribution >= 0.6 is 0 Å². The zero-order chi connectivity index (χ0) is 15.4. The van der Waals surface area contributed by atoms with Crippen molar-refractivity contribution in [3.63, 3.8) is 0 Å². The molecular weight excluding hydrogens is 278 g/mol. The van der Waals surface area contributed by atoms with E-state index in [-0.39, 0.29) is 11.9 Å². The molecule has 1 atom stereocenters. The zero-order valence-electron chi connectivity index (χ0n) is 12.8. The van der Waals surface area contributed by atoms with Crippen LogP contribution in [0, 0.1) is 0 Å². The average Bonchev–Trinajstić information content (AvgIpc) is 3.10. The number of carbonyl (C=O) groups excluding carboxylic acids is 1. The van der Waals surface area contributed by atoms with Crippen molar-refractivity contribution in [1.82, 2.24) is 24.6 Å². The monoisotopic (exact) mass is 299 g/mol. The van der Waals surface area contributed by atoms with Crippen LogP contribution in [0.4, 0.5) is 0 Å². The molecule has 0 N–H and O–H groups in total. The maximum Gasteiger partial charge on any atom is 0.247 e. The number of carbonyl (C=O) groups is 1. The largest absolute Gasteiger partial charge is 0.338 e. The molecule has 1 aliphatic rings. The van der Waals surface area contributed by atoms with Crippen LogP contribution in [0.15, 0.2) is 42.9 Å². The van der Waals surface area contributed by atoms with E-state index in [0.29, 0.717) is 0 Å². The second kappa shape index (κ2) is 6.70. The van der Waals surface area contributed by atoms with E-state index in [1.54, 1.807) is 10.9 Å². The van der Waals surface area contributed by atoms with Crippen LogP contribution in [0.1, 0.15) is 18.7 Å². The van der Waals surface area contributed by atoms with E-state index in [1.807, 2.05) is 48.5 Å². The maximum atomic E-state index is 12.5. The molecule has 1 fully saturated rings. The van der Waals surface area contributed by atoms with Gasteiger partial charge in [0.15, 0.2) is 0 Å². The zero-order valence-corrected chi connectivity index (χ0v) is 12.8. The molecule has 0 bridgehead atoms. The van der Waals surface area contributed by atoms with Crippen LogP contribution in [0.2, 0.25) is 0 Å². The summed E-state index contributed by atoms with van der Waals surface area (Å²) in [7, 11) is 0. The molecule has 0 aliphatic carbocycles. The van der Waals surface area contributed by atoms with Gasteiger partial charge in [-0.2, -0.15) is 5.10 Å². The maximum absolute atomic E-state index is 12.5. The van der Waals surface area contributed by atoms with E-state index < -0.39 is 0 Å². The molecule has 116 valence electrons. The van der Waals surface area contributed by atoms with E-state index >= 15 is 0 Å². The summed E-state index contributed by atoms with van der Waals surface area (Å²) in [5.74, 6) is 0.140. The van der Waals surface area contributed by atoms with Gasteiger partial charge in [0.05, 0.1) is 5.69 Å². The summed E-state index contributed by atoms with van der Waals surface area (Å²) >= 11 is 0. The van der Waals surface area contributed by atoms with Gasteiger partial charge in [0.1, 0.15) is 6.04 Å². The first-order chi connectivity index (χ1) is 10.7. The lowest BCUT2D eigenvalue weighted by Crippen LogP contribution is -2.50. The molecular formula is C16H21N5O. The Morgan fingerprint density at radius 3 is 2.64 bits per heavy atom. The number of rotatable bonds is 4. The fourth-order valence-electron chi connectivity index (χ4n) is 2.73. The molecule has 22 heavy (non-hydrogen) atoms. The number of aromatic nitrogens is 3. The van der Waals surface area contributed by atoms with Crippen LogP contribution in [-0.2, 0) is 11.3 Å². The summed E-state index contributed by atoms with van der Waals surface area (Å²) in [4.78, 5) is 21.1. The standard InChI is InChI=1S/C16H21N5O/c1-14(21-8-4-7-18-21)16(22)20-11-9-19(10-12-20)13-15-5-2-3-6-17-15/h2-8,14H,9-13H2,1H3/t14-/m0/s1. The topological polar surface area (TPSA) is 54.3 Å². The third-order valence-corrected chi connectivity index (χ3v) is 4.07. The fraction of sp³-hybridized carbons (Fsp3) is 0.438. The Morgan fingerprint density at radius 1 is 1.18 bits per heavy atom. The van der Waals surface area contributed by atoms with Gasteiger partial charge in [-0.25, -0.2) is 0 Å². The highest BCUT2D eigenvalue weighted by Gasteiger charge is 2.26. The van der Waals surface area contributed by atoms with Gasteiger partial charge in [-0.3, -0.25) is 19.4 Å². The van der Waals surface area contributed by atoms with Crippen molar-refractivity contribution in [3.8, 4) is 0 Å². The first kappa shape index (κ1) is 14.7. The van der Waals surface area contributed by atoms with E-state index in [2.05, 4.69) is 15.0 Å². The normalized spacial score (nSPS) is 17.4. The Hall–Kier alpha value is -2.21. The van der Waals surface area contributed by atoms with Crippen molar-refractivity contribution in [1.29, 1.82) is 0 Å². The van der Waals surface area contributed by atoms with Crippen molar-refractivity contribution in [2.24, 2.45) is 0 Å². The van der Waals surface area contributed by atoms with Crippen molar-refractivity contribution >= 4 is 5.91 Å². The van der Waals surface area contributed by atoms with E-state index in [9.17, 15) is 4.79 Å². The molecule has 0 aromatic carbocycles. The molecule has 2 aromatic heterocycles. The summed E-state index contributed by atoms with van der Waals surface area (Å²) < 4.78 is 1.71. The molecule has 2 aromatic rings. The van der Waals surface area contributed by atoms with E-state index in [0.717, 1.165) is 38.4 Å². The Kier molecular flexibility index (Phi) is 4.48. The van der Waals surface area contributed by atoms with Crippen molar-refractivity contribution in [2.45, 2.75) is 19.5 Å². The van der Waals surface area contributed by atoms with Crippen LogP contribution in [-0.4, -0.2) is 56.7 Å². The Labute approximate surface area is 130 Å². The molecule has 1 saturated heterocycles. The van der Waals surface area contributed by atoms with Gasteiger partial charge < -0.3 is 4.90 Å². The summed E-state index contributed by atoms with van der Waals surface area (Å²) in [6.45, 7) is 6.03. The van der Waals surface area contributed by atoms with Crippen LogP contribution in [0.25, 0.3) is 0 Å². The highest BCUT2D eigenvalue weighted by Crippen LogP contribution is 2.12. The third-order valence-electron chi connectivity index (χ3n) is 4.07. The number of pyridine rings is 1. The highest BCUT2D eigenvalue weighted by molar-refractivity contribution is 5.80. The minimum Gasteiger partial charge on any atom is -0.338 e. The van der Waals surface area contributed by atoms with Gasteiger partial charge in [-0.05, 0) is 25.1 Å². The van der Waals surface area contributed by atoms with Crippen LogP contribution < -0.4 is 0 Å². The number of nitrogens with zero attached hydrogens (tertiary/aromatic N) is 5. The molecule has 1 amide bonds. The van der Waals surface area contributed by atoms with Crippen molar-refractivity contribution in [3.05, 3.63) is 48.5 Å². The fourth-order valence-corrected chi connectivity index (χ4v) is 2.73. The van der Waals surface area contributed by atoms with Gasteiger partial charge in [-0.15, -0.1) is 0 Å². The van der Waals surface area contributed by atoms with Gasteiger partial charge >= 0.3 is 0 Å².